The van der Waals surface area contributed by atoms with Gasteiger partial charge in [-0.05, 0) is 30.7 Å². The van der Waals surface area contributed by atoms with Crippen LogP contribution in [0.15, 0.2) is 35.6 Å². The van der Waals surface area contributed by atoms with Crippen LogP contribution >= 0.6 is 11.8 Å². The minimum Gasteiger partial charge on any atom is -0.497 e. The predicted molar refractivity (Wildman–Crippen MR) is 77.9 cm³/mol. The van der Waals surface area contributed by atoms with Crippen LogP contribution in [0.25, 0.3) is 5.69 Å². The zero-order valence-corrected chi connectivity index (χ0v) is 12.2. The molecule has 0 aliphatic rings. The van der Waals surface area contributed by atoms with E-state index in [-0.39, 0.29) is 5.75 Å². The number of aryl methyl sites for hydroxylation is 1. The van der Waals surface area contributed by atoms with Crippen LogP contribution in [0.3, 0.4) is 0 Å². The van der Waals surface area contributed by atoms with Crippen molar-refractivity contribution in [2.45, 2.75) is 18.5 Å². The summed E-state index contributed by atoms with van der Waals surface area (Å²) in [5.41, 5.74) is 2.00. The number of aliphatic carboxylic acids is 1. The Bertz CT molecular complexity index is 593. The van der Waals surface area contributed by atoms with E-state index in [9.17, 15) is 4.79 Å². The van der Waals surface area contributed by atoms with E-state index >= 15 is 0 Å². The molecule has 0 atom stereocenters. The summed E-state index contributed by atoms with van der Waals surface area (Å²) in [5, 5.41) is 9.48. The maximum absolute atomic E-state index is 10.7. The summed E-state index contributed by atoms with van der Waals surface area (Å²) in [7, 11) is 1.62. The third-order valence-electron chi connectivity index (χ3n) is 2.82. The molecular weight excluding hydrogens is 276 g/mol. The normalized spacial score (nSPS) is 10.5. The fourth-order valence-electron chi connectivity index (χ4n) is 1.85. The minimum absolute atomic E-state index is 0.00365. The molecule has 1 N–H and O–H groups in total. The van der Waals surface area contributed by atoms with Crippen molar-refractivity contribution in [3.05, 3.63) is 36.2 Å². The summed E-state index contributed by atoms with van der Waals surface area (Å²) in [6.07, 6.45) is 2.61. The molecule has 20 heavy (non-hydrogen) atoms. The number of benzene rings is 1. The monoisotopic (exact) mass is 292 g/mol. The van der Waals surface area contributed by atoms with Gasteiger partial charge in [-0.2, -0.15) is 0 Å². The van der Waals surface area contributed by atoms with Crippen molar-refractivity contribution in [1.82, 2.24) is 9.55 Å². The van der Waals surface area contributed by atoms with Crippen LogP contribution in [-0.4, -0.2) is 33.5 Å². The van der Waals surface area contributed by atoms with Crippen molar-refractivity contribution in [2.75, 3.05) is 12.9 Å². The molecular formula is C14H16N2O3S. The topological polar surface area (TPSA) is 64.3 Å². The van der Waals surface area contributed by atoms with Crippen molar-refractivity contribution in [3.63, 3.8) is 0 Å². The molecule has 0 radical (unpaired) electrons. The van der Waals surface area contributed by atoms with Crippen LogP contribution in [-0.2, 0) is 11.2 Å². The Hall–Kier alpha value is -1.95. The first-order valence-electron chi connectivity index (χ1n) is 6.21. The molecule has 1 aromatic heterocycles. The fourth-order valence-corrected chi connectivity index (χ4v) is 2.58. The average molecular weight is 292 g/mol. The van der Waals surface area contributed by atoms with E-state index in [0.29, 0.717) is 5.16 Å². The smallest absolute Gasteiger partial charge is 0.313 e. The number of hydrogen-bond acceptors (Lipinski definition) is 4. The van der Waals surface area contributed by atoms with E-state index < -0.39 is 5.97 Å². The van der Waals surface area contributed by atoms with E-state index in [1.54, 1.807) is 13.3 Å². The van der Waals surface area contributed by atoms with Gasteiger partial charge in [-0.15, -0.1) is 0 Å². The lowest BCUT2D eigenvalue weighted by molar-refractivity contribution is -0.133. The molecule has 0 saturated carbocycles. The molecule has 0 fully saturated rings. The third-order valence-corrected chi connectivity index (χ3v) is 3.76. The fraction of sp³-hybridized carbons (Fsp3) is 0.286. The molecule has 0 aliphatic heterocycles. The van der Waals surface area contributed by atoms with Crippen molar-refractivity contribution in [3.8, 4) is 11.4 Å². The van der Waals surface area contributed by atoms with Crippen LogP contribution in [0.5, 0.6) is 5.75 Å². The van der Waals surface area contributed by atoms with Gasteiger partial charge in [0.25, 0.3) is 0 Å². The van der Waals surface area contributed by atoms with Gasteiger partial charge < -0.3 is 9.84 Å². The van der Waals surface area contributed by atoms with Crippen LogP contribution in [0.2, 0.25) is 0 Å². The van der Waals surface area contributed by atoms with Crippen molar-refractivity contribution in [1.29, 1.82) is 0 Å². The first-order chi connectivity index (χ1) is 9.65. The molecule has 1 aromatic carbocycles. The number of thioether (sulfide) groups is 1. The highest BCUT2D eigenvalue weighted by molar-refractivity contribution is 7.99. The second-order valence-corrected chi connectivity index (χ2v) is 5.04. The van der Waals surface area contributed by atoms with E-state index in [1.807, 2.05) is 35.8 Å². The number of hydrogen-bond donors (Lipinski definition) is 1. The molecule has 2 aromatic rings. The summed E-state index contributed by atoms with van der Waals surface area (Å²) < 4.78 is 7.12. The molecule has 6 heteroatoms. The first-order valence-corrected chi connectivity index (χ1v) is 7.20. The lowest BCUT2D eigenvalue weighted by Crippen LogP contribution is -2.04. The highest BCUT2D eigenvalue weighted by atomic mass is 32.2. The largest absolute Gasteiger partial charge is 0.497 e. The van der Waals surface area contributed by atoms with Crippen LogP contribution in [0.4, 0.5) is 0 Å². The van der Waals surface area contributed by atoms with Gasteiger partial charge in [0.15, 0.2) is 5.16 Å². The van der Waals surface area contributed by atoms with E-state index in [2.05, 4.69) is 4.98 Å². The van der Waals surface area contributed by atoms with E-state index in [0.717, 1.165) is 23.6 Å². The van der Waals surface area contributed by atoms with E-state index in [1.165, 1.54) is 11.8 Å². The minimum atomic E-state index is -0.850. The molecule has 0 spiro atoms. The lowest BCUT2D eigenvalue weighted by atomic mass is 10.3. The highest BCUT2D eigenvalue weighted by Crippen LogP contribution is 2.25. The number of aromatic nitrogens is 2. The Labute approximate surface area is 121 Å². The third kappa shape index (κ3) is 3.14. The Balaban J connectivity index is 2.36. The number of methoxy groups -OCH3 is 1. The molecule has 0 amide bonds. The highest BCUT2D eigenvalue weighted by Gasteiger charge is 2.12. The number of ether oxygens (including phenoxy) is 1. The number of rotatable bonds is 6. The summed E-state index contributed by atoms with van der Waals surface area (Å²) in [6, 6.07) is 7.62. The maximum Gasteiger partial charge on any atom is 0.313 e. The molecule has 5 nitrogen and oxygen atoms in total. The second kappa shape index (κ2) is 6.47. The van der Waals surface area contributed by atoms with Crippen LogP contribution < -0.4 is 4.74 Å². The molecule has 0 bridgehead atoms. The summed E-state index contributed by atoms with van der Waals surface area (Å²) in [6.45, 7) is 2.04. The predicted octanol–water partition coefficient (Wildman–Crippen LogP) is 2.62. The standard InChI is InChI=1S/C14H16N2O3S/c1-3-10-8-15-14(20-9-13(17)18)16(10)11-4-6-12(19-2)7-5-11/h4-8H,3,9H2,1-2H3,(H,17,18). The number of carbonyl (C=O) groups is 1. The average Bonchev–Trinajstić information content (AvgIpc) is 2.88. The zero-order chi connectivity index (χ0) is 14.5. The SMILES string of the molecule is CCc1cnc(SCC(=O)O)n1-c1ccc(OC)cc1. The van der Waals surface area contributed by atoms with Gasteiger partial charge in [0.1, 0.15) is 5.75 Å². The van der Waals surface area contributed by atoms with Crippen LogP contribution in [0.1, 0.15) is 12.6 Å². The molecule has 2 rings (SSSR count). The summed E-state index contributed by atoms with van der Waals surface area (Å²) in [4.78, 5) is 15.0. The Morgan fingerprint density at radius 1 is 1.40 bits per heavy atom. The van der Waals surface area contributed by atoms with Gasteiger partial charge in [0.2, 0.25) is 0 Å². The number of imidazole rings is 1. The van der Waals surface area contributed by atoms with Gasteiger partial charge in [0.05, 0.1) is 12.9 Å². The molecule has 0 aliphatic carbocycles. The Kier molecular flexibility index (Phi) is 4.68. The molecule has 1 heterocycles. The molecule has 0 unspecified atom stereocenters. The van der Waals surface area contributed by atoms with Gasteiger partial charge in [-0.25, -0.2) is 4.98 Å². The maximum atomic E-state index is 10.7. The first kappa shape index (κ1) is 14.5. The van der Waals surface area contributed by atoms with Crippen LogP contribution in [0, 0.1) is 0 Å². The van der Waals surface area contributed by atoms with Crippen molar-refractivity contribution in [2.24, 2.45) is 0 Å². The summed E-state index contributed by atoms with van der Waals surface area (Å²) in [5.74, 6) is -0.0694. The quantitative estimate of drug-likeness (QED) is 0.829. The second-order valence-electron chi connectivity index (χ2n) is 4.10. The molecule has 106 valence electrons. The number of carboxylic acid groups (broad SMARTS) is 1. The number of carboxylic acids is 1. The Morgan fingerprint density at radius 3 is 2.65 bits per heavy atom. The summed E-state index contributed by atoms with van der Waals surface area (Å²) >= 11 is 1.22. The zero-order valence-electron chi connectivity index (χ0n) is 11.4. The van der Waals surface area contributed by atoms with Crippen molar-refractivity contribution >= 4 is 17.7 Å². The van der Waals surface area contributed by atoms with Gasteiger partial charge in [0, 0.05) is 17.6 Å². The number of nitrogens with zero attached hydrogens (tertiary/aromatic N) is 2. The van der Waals surface area contributed by atoms with Gasteiger partial charge in [-0.3, -0.25) is 9.36 Å². The molecule has 0 saturated heterocycles. The lowest BCUT2D eigenvalue weighted by Gasteiger charge is -2.11. The van der Waals surface area contributed by atoms with E-state index in [4.69, 9.17) is 9.84 Å². The van der Waals surface area contributed by atoms with Gasteiger partial charge in [-0.1, -0.05) is 18.7 Å². The Morgan fingerprint density at radius 2 is 2.10 bits per heavy atom. The van der Waals surface area contributed by atoms with Crippen molar-refractivity contribution < 1.29 is 14.6 Å². The van der Waals surface area contributed by atoms with Gasteiger partial charge >= 0.3 is 5.97 Å².